The highest BCUT2D eigenvalue weighted by Gasteiger charge is 2.36. The molecule has 0 aliphatic carbocycles. The average molecular weight is 347 g/mol. The van der Waals surface area contributed by atoms with Crippen LogP contribution in [-0.4, -0.2) is 19.6 Å². The maximum atomic E-state index is 12.5. The van der Waals surface area contributed by atoms with Gasteiger partial charge >= 0.3 is 5.97 Å². The number of ether oxygens (including phenoxy) is 1. The summed E-state index contributed by atoms with van der Waals surface area (Å²) in [5.41, 5.74) is 3.74. The summed E-state index contributed by atoms with van der Waals surface area (Å²) in [6.07, 6.45) is 1.98. The topological polar surface area (TPSA) is 30.7 Å². The van der Waals surface area contributed by atoms with Crippen LogP contribution in [0.3, 0.4) is 0 Å². The molecule has 2 heterocycles. The van der Waals surface area contributed by atoms with Gasteiger partial charge in [-0.15, -0.1) is 11.3 Å². The number of esters is 1. The summed E-state index contributed by atoms with van der Waals surface area (Å²) in [4.78, 5) is 15.2. The van der Waals surface area contributed by atoms with Crippen LogP contribution in [0.2, 0.25) is 0 Å². The van der Waals surface area contributed by atoms with Crippen LogP contribution in [0.4, 0.5) is 0 Å². The van der Waals surface area contributed by atoms with Gasteiger partial charge in [0.05, 0.1) is 13.7 Å². The van der Waals surface area contributed by atoms with Crippen molar-refractivity contribution in [1.29, 1.82) is 0 Å². The van der Waals surface area contributed by atoms with Crippen molar-refractivity contribution >= 4 is 17.3 Å². The Labute approximate surface area is 149 Å². The summed E-state index contributed by atoms with van der Waals surface area (Å²) in [6, 6.07) is 10.2. The number of nitrogens with one attached hydrogen (secondary N) is 1. The summed E-state index contributed by atoms with van der Waals surface area (Å²) in [7, 11) is 1.49. The molecule has 0 radical (unpaired) electrons. The molecule has 0 spiro atoms. The molecule has 2 aromatic rings. The van der Waals surface area contributed by atoms with Crippen LogP contribution < -0.4 is 4.90 Å². The number of aryl methyl sites for hydroxylation is 1. The van der Waals surface area contributed by atoms with Crippen LogP contribution in [-0.2, 0) is 28.9 Å². The number of benzene rings is 1. The number of thiophene rings is 1. The zero-order valence-corrected chi connectivity index (χ0v) is 15.9. The predicted molar refractivity (Wildman–Crippen MR) is 99.5 cm³/mol. The Morgan fingerprint density at radius 1 is 1.29 bits per heavy atom. The van der Waals surface area contributed by atoms with Crippen molar-refractivity contribution in [1.82, 2.24) is 0 Å². The molecule has 0 saturated carbocycles. The summed E-state index contributed by atoms with van der Waals surface area (Å²) < 4.78 is 5.13. The summed E-state index contributed by atoms with van der Waals surface area (Å²) in [6.45, 7) is 8.01. The van der Waals surface area contributed by atoms with Crippen LogP contribution in [0.15, 0.2) is 35.7 Å². The van der Waals surface area contributed by atoms with Gasteiger partial charge < -0.3 is 9.64 Å². The molecule has 0 saturated heterocycles. The standard InChI is InChI=1S/C18H21NO2S.C2H6/c1-3-13-6-4-5-7-15(13)17(18(20)21-2)19-10-8-16-14(12-19)9-11-22-16;1-2/h4-7,9,11,17H,3,8,10,12H2,1-2H3;1-2H3/p+1/t17-;/m0./s1. The van der Waals surface area contributed by atoms with E-state index in [9.17, 15) is 4.79 Å². The number of hydrogen-bond donors (Lipinski definition) is 1. The highest BCUT2D eigenvalue weighted by molar-refractivity contribution is 7.10. The normalized spacial score (nSPS) is 17.2. The Morgan fingerprint density at radius 2 is 2.04 bits per heavy atom. The number of rotatable bonds is 4. The average Bonchev–Trinajstić information content (AvgIpc) is 3.11. The van der Waals surface area contributed by atoms with Crippen LogP contribution in [0.25, 0.3) is 0 Å². The van der Waals surface area contributed by atoms with Crippen molar-refractivity contribution in [3.05, 3.63) is 57.3 Å². The summed E-state index contributed by atoms with van der Waals surface area (Å²) in [5.74, 6) is -0.130. The molecule has 2 atom stereocenters. The predicted octanol–water partition coefficient (Wildman–Crippen LogP) is 3.19. The zero-order valence-electron chi connectivity index (χ0n) is 15.1. The second kappa shape index (κ2) is 9.00. The fourth-order valence-electron chi connectivity index (χ4n) is 3.37. The lowest BCUT2D eigenvalue weighted by Gasteiger charge is -2.31. The quantitative estimate of drug-likeness (QED) is 0.862. The molecule has 3 nitrogen and oxygen atoms in total. The van der Waals surface area contributed by atoms with Crippen molar-refractivity contribution in [2.24, 2.45) is 0 Å². The molecule has 3 rings (SSSR count). The van der Waals surface area contributed by atoms with Crippen molar-refractivity contribution in [2.45, 2.75) is 46.2 Å². The molecular formula is C20H28NO2S+. The van der Waals surface area contributed by atoms with Gasteiger partial charge in [-0.3, -0.25) is 0 Å². The lowest BCUT2D eigenvalue weighted by atomic mass is 9.95. The maximum absolute atomic E-state index is 12.5. The third kappa shape index (κ3) is 3.87. The second-order valence-corrected chi connectivity index (χ2v) is 6.71. The zero-order chi connectivity index (χ0) is 17.5. The van der Waals surface area contributed by atoms with E-state index in [1.807, 2.05) is 37.3 Å². The molecule has 0 amide bonds. The van der Waals surface area contributed by atoms with Gasteiger partial charge in [0, 0.05) is 22.4 Å². The third-order valence-corrected chi connectivity index (χ3v) is 5.54. The summed E-state index contributed by atoms with van der Waals surface area (Å²) in [5, 5.41) is 2.15. The summed E-state index contributed by atoms with van der Waals surface area (Å²) >= 11 is 1.83. The Morgan fingerprint density at radius 3 is 2.75 bits per heavy atom. The third-order valence-electron chi connectivity index (χ3n) is 4.52. The fraction of sp³-hybridized carbons (Fsp3) is 0.450. The Bertz CT molecular complexity index is 665. The molecule has 4 heteroatoms. The lowest BCUT2D eigenvalue weighted by molar-refractivity contribution is -0.938. The fourth-order valence-corrected chi connectivity index (χ4v) is 4.27. The van der Waals surface area contributed by atoms with Gasteiger partial charge in [-0.25, -0.2) is 4.79 Å². The molecule has 0 fully saturated rings. The van der Waals surface area contributed by atoms with E-state index in [-0.39, 0.29) is 12.0 Å². The van der Waals surface area contributed by atoms with Gasteiger partial charge in [-0.05, 0) is 23.4 Å². The van der Waals surface area contributed by atoms with E-state index in [0.29, 0.717) is 0 Å². The number of carbonyl (C=O) groups excluding carboxylic acids is 1. The van der Waals surface area contributed by atoms with Crippen molar-refractivity contribution in [3.8, 4) is 0 Å². The highest BCUT2D eigenvalue weighted by atomic mass is 32.1. The minimum Gasteiger partial charge on any atom is -0.464 e. The number of quaternary nitrogens is 1. The number of carbonyl (C=O) groups is 1. The molecule has 24 heavy (non-hydrogen) atoms. The van der Waals surface area contributed by atoms with E-state index in [1.54, 1.807) is 0 Å². The first-order chi connectivity index (χ1) is 11.7. The first-order valence-corrected chi connectivity index (χ1v) is 9.68. The van der Waals surface area contributed by atoms with Gasteiger partial charge in [-0.2, -0.15) is 0 Å². The van der Waals surface area contributed by atoms with Crippen LogP contribution in [0, 0.1) is 0 Å². The smallest absolute Gasteiger partial charge is 0.369 e. The van der Waals surface area contributed by atoms with Crippen molar-refractivity contribution in [3.63, 3.8) is 0 Å². The molecule has 1 unspecified atom stereocenters. The Kier molecular flexibility index (Phi) is 7.00. The molecule has 0 bridgehead atoms. The molecule has 130 valence electrons. The van der Waals surface area contributed by atoms with E-state index in [4.69, 9.17) is 4.74 Å². The van der Waals surface area contributed by atoms with Crippen molar-refractivity contribution < 1.29 is 14.4 Å². The lowest BCUT2D eigenvalue weighted by Crippen LogP contribution is -3.13. The maximum Gasteiger partial charge on any atom is 0.369 e. The van der Waals surface area contributed by atoms with Crippen LogP contribution in [0.5, 0.6) is 0 Å². The SMILES string of the molecule is CC.CCc1ccccc1[C@@H](C(=O)OC)[NH+]1CCc2sccc2C1. The molecule has 1 aromatic heterocycles. The Balaban J connectivity index is 0.00000100. The number of fused-ring (bicyclic) bond motifs is 1. The van der Waals surface area contributed by atoms with Gasteiger partial charge in [0.25, 0.3) is 0 Å². The molecule has 1 aliphatic heterocycles. The minimum atomic E-state index is -0.228. The molecular weight excluding hydrogens is 318 g/mol. The van der Waals surface area contributed by atoms with Gasteiger partial charge in [0.1, 0.15) is 6.54 Å². The Hall–Kier alpha value is -1.65. The first kappa shape index (κ1) is 18.7. The molecule has 1 aromatic carbocycles. The number of hydrogen-bond acceptors (Lipinski definition) is 3. The highest BCUT2D eigenvalue weighted by Crippen LogP contribution is 2.22. The van der Waals surface area contributed by atoms with E-state index < -0.39 is 0 Å². The largest absolute Gasteiger partial charge is 0.464 e. The number of methoxy groups -OCH3 is 1. The van der Waals surface area contributed by atoms with Gasteiger partial charge in [-0.1, -0.05) is 45.0 Å². The minimum absolute atomic E-state index is 0.130. The van der Waals surface area contributed by atoms with Crippen LogP contribution in [0.1, 0.15) is 48.4 Å². The monoisotopic (exact) mass is 346 g/mol. The second-order valence-electron chi connectivity index (χ2n) is 5.71. The molecule has 1 N–H and O–H groups in total. The van der Waals surface area contributed by atoms with E-state index in [2.05, 4.69) is 30.5 Å². The van der Waals surface area contributed by atoms with Gasteiger partial charge in [0.15, 0.2) is 0 Å². The van der Waals surface area contributed by atoms with Crippen molar-refractivity contribution in [2.75, 3.05) is 13.7 Å². The van der Waals surface area contributed by atoms with E-state index in [0.717, 1.165) is 31.5 Å². The van der Waals surface area contributed by atoms with Crippen LogP contribution >= 0.6 is 11.3 Å². The van der Waals surface area contributed by atoms with Gasteiger partial charge in [0.2, 0.25) is 6.04 Å². The van der Waals surface area contributed by atoms with E-state index >= 15 is 0 Å². The first-order valence-electron chi connectivity index (χ1n) is 8.80. The van der Waals surface area contributed by atoms with E-state index in [1.165, 1.54) is 28.0 Å². The molecule has 1 aliphatic rings.